The minimum absolute atomic E-state index is 0.250. The maximum atomic E-state index is 11.4. The monoisotopic (exact) mass is 270 g/mol. The lowest BCUT2D eigenvalue weighted by Gasteiger charge is -2.19. The molecule has 0 bridgehead atoms. The highest BCUT2D eigenvalue weighted by Gasteiger charge is 2.17. The van der Waals surface area contributed by atoms with Crippen LogP contribution in [0.4, 0.5) is 0 Å². The third-order valence-electron chi connectivity index (χ3n) is 1.86. The molecular weight excluding hydrogens is 256 g/mol. The zero-order valence-corrected chi connectivity index (χ0v) is 11.3. The highest BCUT2D eigenvalue weighted by atomic mass is 35.5. The Labute approximate surface area is 111 Å². The fourth-order valence-corrected chi connectivity index (χ4v) is 1.43. The zero-order chi connectivity index (χ0) is 13.8. The Bertz CT molecular complexity index is 449. The summed E-state index contributed by atoms with van der Waals surface area (Å²) in [6, 6.07) is 4.59. The van der Waals surface area contributed by atoms with Gasteiger partial charge in [0.15, 0.2) is 12.9 Å². The summed E-state index contributed by atoms with van der Waals surface area (Å²) < 4.78 is 10.3. The summed E-state index contributed by atoms with van der Waals surface area (Å²) in [5.74, 6) is -0.186. The van der Waals surface area contributed by atoms with E-state index < -0.39 is 11.6 Å². The van der Waals surface area contributed by atoms with E-state index in [0.29, 0.717) is 22.6 Å². The largest absolute Gasteiger partial charge is 0.481 e. The third kappa shape index (κ3) is 4.75. The van der Waals surface area contributed by atoms with E-state index in [9.17, 15) is 9.59 Å². The van der Waals surface area contributed by atoms with E-state index in [-0.39, 0.29) is 6.61 Å². The van der Waals surface area contributed by atoms with Gasteiger partial charge in [-0.1, -0.05) is 11.6 Å². The Morgan fingerprint density at radius 1 is 1.39 bits per heavy atom. The summed E-state index contributed by atoms with van der Waals surface area (Å²) >= 11 is 5.74. The fraction of sp³-hybridized carbons (Fsp3) is 0.385. The number of esters is 1. The molecule has 0 unspecified atom stereocenters. The number of hydrogen-bond donors (Lipinski definition) is 0. The second kappa shape index (κ2) is 5.87. The first-order valence-electron chi connectivity index (χ1n) is 5.41. The molecule has 0 atom stereocenters. The molecule has 1 aromatic rings. The molecule has 0 radical (unpaired) electrons. The summed E-state index contributed by atoms with van der Waals surface area (Å²) in [5.41, 5.74) is -0.264. The van der Waals surface area contributed by atoms with E-state index in [4.69, 9.17) is 21.1 Å². The molecule has 1 rings (SSSR count). The maximum Gasteiger partial charge on any atom is 0.344 e. The lowest BCUT2D eigenvalue weighted by molar-refractivity contribution is -0.157. The summed E-state index contributed by atoms with van der Waals surface area (Å²) in [7, 11) is 0. The van der Waals surface area contributed by atoms with Crippen LogP contribution >= 0.6 is 11.6 Å². The molecule has 98 valence electrons. The molecule has 0 aliphatic heterocycles. The van der Waals surface area contributed by atoms with Crippen LogP contribution in [0.15, 0.2) is 18.2 Å². The molecule has 0 aromatic heterocycles. The van der Waals surface area contributed by atoms with Crippen molar-refractivity contribution in [3.8, 4) is 5.75 Å². The van der Waals surface area contributed by atoms with Gasteiger partial charge in [0.1, 0.15) is 11.4 Å². The number of ether oxygens (including phenoxy) is 2. The quantitative estimate of drug-likeness (QED) is 0.624. The second-order valence-electron chi connectivity index (χ2n) is 4.68. The van der Waals surface area contributed by atoms with Crippen LogP contribution in [0.5, 0.6) is 5.75 Å². The summed E-state index contributed by atoms with van der Waals surface area (Å²) in [6.45, 7) is 5.05. The van der Waals surface area contributed by atoms with Crippen molar-refractivity contribution in [1.82, 2.24) is 0 Å². The van der Waals surface area contributed by atoms with Crippen molar-refractivity contribution in [2.45, 2.75) is 26.4 Å². The second-order valence-corrected chi connectivity index (χ2v) is 5.11. The van der Waals surface area contributed by atoms with E-state index in [2.05, 4.69) is 0 Å². The highest BCUT2D eigenvalue weighted by Crippen LogP contribution is 2.21. The van der Waals surface area contributed by atoms with Crippen LogP contribution in [-0.4, -0.2) is 24.5 Å². The first kappa shape index (κ1) is 14.5. The van der Waals surface area contributed by atoms with Crippen molar-refractivity contribution in [3.63, 3.8) is 0 Å². The van der Waals surface area contributed by atoms with E-state index in [0.717, 1.165) is 0 Å². The fourth-order valence-electron chi connectivity index (χ4n) is 1.25. The van der Waals surface area contributed by atoms with Crippen molar-refractivity contribution in [3.05, 3.63) is 28.8 Å². The van der Waals surface area contributed by atoms with Gasteiger partial charge in [-0.05, 0) is 39.0 Å². The molecular formula is C13H15ClO4. The highest BCUT2D eigenvalue weighted by molar-refractivity contribution is 6.30. The molecule has 0 saturated heterocycles. The Hall–Kier alpha value is -1.55. The van der Waals surface area contributed by atoms with Gasteiger partial charge in [-0.2, -0.15) is 0 Å². The van der Waals surface area contributed by atoms with Gasteiger partial charge < -0.3 is 9.47 Å². The number of carbonyl (C=O) groups is 2. The molecule has 1 aromatic carbocycles. The SMILES string of the molecule is CC(C)(C)OC(=O)COc1ccc(Cl)cc1C=O. The number of aldehydes is 1. The van der Waals surface area contributed by atoms with Gasteiger partial charge in [0.2, 0.25) is 0 Å². The lowest BCUT2D eigenvalue weighted by Crippen LogP contribution is -2.27. The van der Waals surface area contributed by atoms with E-state index in [1.54, 1.807) is 26.8 Å². The molecule has 4 nitrogen and oxygen atoms in total. The normalized spacial score (nSPS) is 10.9. The minimum atomic E-state index is -0.562. The first-order valence-corrected chi connectivity index (χ1v) is 5.79. The number of hydrogen-bond acceptors (Lipinski definition) is 4. The molecule has 18 heavy (non-hydrogen) atoms. The Morgan fingerprint density at radius 2 is 2.06 bits per heavy atom. The molecule has 0 fully saturated rings. The van der Waals surface area contributed by atoms with Crippen molar-refractivity contribution in [2.75, 3.05) is 6.61 Å². The zero-order valence-electron chi connectivity index (χ0n) is 10.5. The predicted molar refractivity (Wildman–Crippen MR) is 68.2 cm³/mol. The van der Waals surface area contributed by atoms with Gasteiger partial charge in [-0.25, -0.2) is 4.79 Å². The van der Waals surface area contributed by atoms with Gasteiger partial charge in [0.25, 0.3) is 0 Å². The molecule has 0 aliphatic carbocycles. The van der Waals surface area contributed by atoms with Crippen LogP contribution in [0.2, 0.25) is 5.02 Å². The van der Waals surface area contributed by atoms with Crippen LogP contribution in [0.3, 0.4) is 0 Å². The summed E-state index contributed by atoms with van der Waals surface area (Å²) in [4.78, 5) is 22.2. The lowest BCUT2D eigenvalue weighted by atomic mass is 10.2. The van der Waals surface area contributed by atoms with Gasteiger partial charge in [0.05, 0.1) is 5.56 Å². The first-order chi connectivity index (χ1) is 8.31. The molecule has 0 spiro atoms. The van der Waals surface area contributed by atoms with Crippen LogP contribution in [0.25, 0.3) is 0 Å². The van der Waals surface area contributed by atoms with Gasteiger partial charge in [-0.15, -0.1) is 0 Å². The van der Waals surface area contributed by atoms with Crippen molar-refractivity contribution < 1.29 is 19.1 Å². The molecule has 0 N–H and O–H groups in total. The molecule has 5 heteroatoms. The Kier molecular flexibility index (Phi) is 4.73. The third-order valence-corrected chi connectivity index (χ3v) is 2.10. The number of rotatable bonds is 4. The average Bonchev–Trinajstić information content (AvgIpc) is 2.24. The molecule has 0 heterocycles. The van der Waals surface area contributed by atoms with Crippen LogP contribution < -0.4 is 4.74 Å². The topological polar surface area (TPSA) is 52.6 Å². The molecule has 0 saturated carbocycles. The van der Waals surface area contributed by atoms with Gasteiger partial charge in [0, 0.05) is 5.02 Å². The van der Waals surface area contributed by atoms with E-state index >= 15 is 0 Å². The van der Waals surface area contributed by atoms with Gasteiger partial charge in [-0.3, -0.25) is 4.79 Å². The van der Waals surface area contributed by atoms with Crippen molar-refractivity contribution >= 4 is 23.9 Å². The van der Waals surface area contributed by atoms with Crippen molar-refractivity contribution in [2.24, 2.45) is 0 Å². The Balaban J connectivity index is 2.64. The van der Waals surface area contributed by atoms with E-state index in [1.807, 2.05) is 0 Å². The standard InChI is InChI=1S/C13H15ClO4/c1-13(2,3)18-12(16)8-17-11-5-4-10(14)6-9(11)7-15/h4-7H,8H2,1-3H3. The van der Waals surface area contributed by atoms with E-state index in [1.165, 1.54) is 12.1 Å². The summed E-state index contributed by atoms with van der Waals surface area (Å²) in [6.07, 6.45) is 0.621. The van der Waals surface area contributed by atoms with Crippen LogP contribution in [0, 0.1) is 0 Å². The van der Waals surface area contributed by atoms with Crippen molar-refractivity contribution in [1.29, 1.82) is 0 Å². The van der Waals surface area contributed by atoms with Gasteiger partial charge >= 0.3 is 5.97 Å². The number of benzene rings is 1. The smallest absolute Gasteiger partial charge is 0.344 e. The number of carbonyl (C=O) groups excluding carboxylic acids is 2. The average molecular weight is 271 g/mol. The minimum Gasteiger partial charge on any atom is -0.481 e. The maximum absolute atomic E-state index is 11.4. The molecule has 0 aliphatic rings. The predicted octanol–water partition coefficient (Wildman–Crippen LogP) is 2.87. The van der Waals surface area contributed by atoms with Crippen LogP contribution in [0.1, 0.15) is 31.1 Å². The summed E-state index contributed by atoms with van der Waals surface area (Å²) in [5, 5.41) is 0.432. The number of halogens is 1. The van der Waals surface area contributed by atoms with Crippen LogP contribution in [-0.2, 0) is 9.53 Å². The molecule has 0 amide bonds. The Morgan fingerprint density at radius 3 is 2.61 bits per heavy atom.